The highest BCUT2D eigenvalue weighted by Crippen LogP contribution is 2.26. The Labute approximate surface area is 148 Å². The van der Waals surface area contributed by atoms with Crippen molar-refractivity contribution in [3.63, 3.8) is 0 Å². The van der Waals surface area contributed by atoms with Crippen LogP contribution in [0.25, 0.3) is 0 Å². The molecular weight excluding hydrogens is 382 g/mol. The van der Waals surface area contributed by atoms with E-state index in [1.165, 1.54) is 0 Å². The van der Waals surface area contributed by atoms with E-state index in [1.54, 1.807) is 0 Å². The second-order valence-corrected chi connectivity index (χ2v) is 5.87. The van der Waals surface area contributed by atoms with E-state index in [0.717, 1.165) is 58.5 Å². The Morgan fingerprint density at radius 1 is 0.440 bits per heavy atom. The molecule has 0 spiro atoms. The molecule has 0 saturated carbocycles. The SMILES string of the molecule is NCCCN.NCCCN.NCCCN.O=P(O)(O)O.O=P(O)(O)O. The minimum absolute atomic E-state index is 0.719. The zero-order chi connectivity index (χ0) is 21.4. The molecule has 0 aromatic heterocycles. The molecule has 0 unspecified atom stereocenters. The van der Waals surface area contributed by atoms with Gasteiger partial charge in [0.2, 0.25) is 0 Å². The van der Waals surface area contributed by atoms with Crippen molar-refractivity contribution in [2.75, 3.05) is 39.3 Å². The van der Waals surface area contributed by atoms with Crippen LogP contribution in [0.2, 0.25) is 0 Å². The molecule has 18 N–H and O–H groups in total. The molecule has 0 rings (SSSR count). The van der Waals surface area contributed by atoms with Crippen LogP contribution in [0, 0.1) is 0 Å². The molecule has 0 bridgehead atoms. The van der Waals surface area contributed by atoms with Gasteiger partial charge in [-0.2, -0.15) is 0 Å². The molecule has 0 aliphatic carbocycles. The third-order valence-electron chi connectivity index (χ3n) is 1.22. The molecule has 25 heavy (non-hydrogen) atoms. The quantitative estimate of drug-likeness (QED) is 0.183. The summed E-state index contributed by atoms with van der Waals surface area (Å²) in [5.74, 6) is 0. The van der Waals surface area contributed by atoms with E-state index in [1.807, 2.05) is 0 Å². The highest BCUT2D eigenvalue weighted by atomic mass is 31.2. The van der Waals surface area contributed by atoms with Gasteiger partial charge in [-0.05, 0) is 58.5 Å². The summed E-state index contributed by atoms with van der Waals surface area (Å²) in [7, 11) is -9.28. The highest BCUT2D eigenvalue weighted by Gasteiger charge is 2.00. The van der Waals surface area contributed by atoms with Crippen molar-refractivity contribution >= 4 is 15.6 Å². The maximum atomic E-state index is 8.88. The molecular formula is C9H36N6O8P2. The van der Waals surface area contributed by atoms with Crippen LogP contribution in [0.4, 0.5) is 0 Å². The molecule has 0 fully saturated rings. The number of hydrogen-bond acceptors (Lipinski definition) is 8. The zero-order valence-corrected chi connectivity index (χ0v) is 16.0. The van der Waals surface area contributed by atoms with E-state index in [9.17, 15) is 0 Å². The van der Waals surface area contributed by atoms with E-state index in [2.05, 4.69) is 0 Å². The van der Waals surface area contributed by atoms with Crippen LogP contribution in [-0.2, 0) is 9.13 Å². The summed E-state index contributed by atoms with van der Waals surface area (Å²) in [6, 6.07) is 0. The van der Waals surface area contributed by atoms with Crippen molar-refractivity contribution in [2.45, 2.75) is 19.3 Å². The molecule has 0 aromatic rings. The van der Waals surface area contributed by atoms with Gasteiger partial charge in [0.1, 0.15) is 0 Å². The molecule has 0 aliphatic rings. The summed E-state index contributed by atoms with van der Waals surface area (Å²) in [4.78, 5) is 43.1. The van der Waals surface area contributed by atoms with E-state index in [0.29, 0.717) is 0 Å². The first kappa shape index (κ1) is 36.0. The molecule has 0 amide bonds. The number of rotatable bonds is 6. The average molecular weight is 418 g/mol. The summed E-state index contributed by atoms with van der Waals surface area (Å²) in [6.45, 7) is 4.31. The Bertz CT molecular complexity index is 247. The first-order valence-electron chi connectivity index (χ1n) is 7.01. The predicted octanol–water partition coefficient (Wildman–Crippen LogP) is -3.98. The van der Waals surface area contributed by atoms with E-state index in [4.69, 9.17) is 72.9 Å². The van der Waals surface area contributed by atoms with Crippen LogP contribution in [0.5, 0.6) is 0 Å². The van der Waals surface area contributed by atoms with Gasteiger partial charge in [-0.15, -0.1) is 0 Å². The fourth-order valence-electron chi connectivity index (χ4n) is 0.354. The average Bonchev–Trinajstić information content (AvgIpc) is 2.39. The van der Waals surface area contributed by atoms with Gasteiger partial charge in [0.05, 0.1) is 0 Å². The van der Waals surface area contributed by atoms with Crippen LogP contribution in [-0.4, -0.2) is 68.6 Å². The van der Waals surface area contributed by atoms with Crippen molar-refractivity contribution in [1.29, 1.82) is 0 Å². The minimum Gasteiger partial charge on any atom is -0.330 e. The van der Waals surface area contributed by atoms with E-state index in [-0.39, 0.29) is 0 Å². The van der Waals surface area contributed by atoms with Gasteiger partial charge in [-0.1, -0.05) is 0 Å². The van der Waals surface area contributed by atoms with Gasteiger partial charge in [0.15, 0.2) is 0 Å². The summed E-state index contributed by atoms with van der Waals surface area (Å²) in [5.41, 5.74) is 30.4. The summed E-state index contributed by atoms with van der Waals surface area (Å²) in [6.07, 6.45) is 2.83. The lowest BCUT2D eigenvalue weighted by Crippen LogP contribution is -2.06. The zero-order valence-electron chi connectivity index (χ0n) is 14.2. The van der Waals surface area contributed by atoms with Gasteiger partial charge in [-0.3, -0.25) is 0 Å². The first-order chi connectivity index (χ1) is 11.2. The van der Waals surface area contributed by atoms with Crippen LogP contribution >= 0.6 is 15.6 Å². The van der Waals surface area contributed by atoms with E-state index >= 15 is 0 Å². The third kappa shape index (κ3) is 324. The summed E-state index contributed by atoms with van der Waals surface area (Å²) < 4.78 is 17.8. The predicted molar refractivity (Wildman–Crippen MR) is 96.7 cm³/mol. The number of hydrogen-bond donors (Lipinski definition) is 12. The molecule has 0 radical (unpaired) electrons. The molecule has 0 aliphatic heterocycles. The molecule has 0 saturated heterocycles. The highest BCUT2D eigenvalue weighted by molar-refractivity contribution is 7.45. The fraction of sp³-hybridized carbons (Fsp3) is 1.00. The minimum atomic E-state index is -4.64. The molecule has 0 atom stereocenters. The van der Waals surface area contributed by atoms with Crippen LogP contribution < -0.4 is 34.4 Å². The van der Waals surface area contributed by atoms with Crippen molar-refractivity contribution in [3.05, 3.63) is 0 Å². The van der Waals surface area contributed by atoms with Gasteiger partial charge < -0.3 is 63.8 Å². The smallest absolute Gasteiger partial charge is 0.330 e. The van der Waals surface area contributed by atoms with Crippen molar-refractivity contribution in [3.8, 4) is 0 Å². The van der Waals surface area contributed by atoms with Gasteiger partial charge in [0.25, 0.3) is 0 Å². The summed E-state index contributed by atoms with van der Waals surface area (Å²) >= 11 is 0. The van der Waals surface area contributed by atoms with Crippen LogP contribution in [0.15, 0.2) is 0 Å². The largest absolute Gasteiger partial charge is 0.466 e. The number of nitrogens with two attached hydrogens (primary N) is 6. The second kappa shape index (κ2) is 28.8. The number of phosphoric acid groups is 2. The van der Waals surface area contributed by atoms with Crippen molar-refractivity contribution < 1.29 is 38.5 Å². The first-order valence-corrected chi connectivity index (χ1v) is 10.1. The molecule has 0 aromatic carbocycles. The molecule has 160 valence electrons. The molecule has 14 nitrogen and oxygen atoms in total. The van der Waals surface area contributed by atoms with Gasteiger partial charge >= 0.3 is 15.6 Å². The lowest BCUT2D eigenvalue weighted by atomic mass is 10.4. The fourth-order valence-corrected chi connectivity index (χ4v) is 0.354. The van der Waals surface area contributed by atoms with Crippen LogP contribution in [0.1, 0.15) is 19.3 Å². The Hall–Kier alpha value is -0.0200. The third-order valence-corrected chi connectivity index (χ3v) is 1.22. The Morgan fingerprint density at radius 2 is 0.520 bits per heavy atom. The Kier molecular flexibility index (Phi) is 41.4. The van der Waals surface area contributed by atoms with Gasteiger partial charge in [0, 0.05) is 0 Å². The maximum absolute atomic E-state index is 8.88. The Morgan fingerprint density at radius 3 is 0.520 bits per heavy atom. The van der Waals surface area contributed by atoms with E-state index < -0.39 is 15.6 Å². The maximum Gasteiger partial charge on any atom is 0.466 e. The summed E-state index contributed by atoms with van der Waals surface area (Å²) in [5, 5.41) is 0. The standard InChI is InChI=1S/3C3H10N2.2H3O4P/c3*4-2-1-3-5;2*1-5(2,3)4/h3*1-5H2;2*(H3,1,2,3,4). The van der Waals surface area contributed by atoms with Gasteiger partial charge in [-0.25, -0.2) is 9.13 Å². The Balaban J connectivity index is -0.0000000667. The van der Waals surface area contributed by atoms with Crippen molar-refractivity contribution in [1.82, 2.24) is 0 Å². The second-order valence-electron chi connectivity index (χ2n) is 3.82. The molecule has 16 heteroatoms. The molecule has 0 heterocycles. The lowest BCUT2D eigenvalue weighted by Gasteiger charge is -1.82. The van der Waals surface area contributed by atoms with Crippen molar-refractivity contribution in [2.24, 2.45) is 34.4 Å². The van der Waals surface area contributed by atoms with Crippen LogP contribution in [0.3, 0.4) is 0 Å². The monoisotopic (exact) mass is 418 g/mol. The lowest BCUT2D eigenvalue weighted by molar-refractivity contribution is 0.272. The normalized spacial score (nSPS) is 9.76. The topological polar surface area (TPSA) is 312 Å².